The third-order valence-corrected chi connectivity index (χ3v) is 5.43. The summed E-state index contributed by atoms with van der Waals surface area (Å²) in [6.45, 7) is 6.68. The SMILES string of the molecule is CCCNC1CCC(CC)CC1SCCCOC. The zero-order valence-corrected chi connectivity index (χ0v) is 13.2. The van der Waals surface area contributed by atoms with E-state index in [1.165, 1.54) is 50.8 Å². The van der Waals surface area contributed by atoms with E-state index in [9.17, 15) is 0 Å². The van der Waals surface area contributed by atoms with Gasteiger partial charge >= 0.3 is 0 Å². The first kappa shape index (κ1) is 16.3. The molecule has 1 aliphatic carbocycles. The summed E-state index contributed by atoms with van der Waals surface area (Å²) in [6, 6.07) is 0.750. The van der Waals surface area contributed by atoms with E-state index in [-0.39, 0.29) is 0 Å². The van der Waals surface area contributed by atoms with Gasteiger partial charge in [-0.3, -0.25) is 0 Å². The zero-order chi connectivity index (χ0) is 13.2. The van der Waals surface area contributed by atoms with Crippen molar-refractivity contribution in [1.82, 2.24) is 5.32 Å². The molecule has 0 aromatic carbocycles. The molecule has 0 amide bonds. The zero-order valence-electron chi connectivity index (χ0n) is 12.4. The molecule has 3 heteroatoms. The van der Waals surface area contributed by atoms with Gasteiger partial charge in [-0.2, -0.15) is 11.8 Å². The van der Waals surface area contributed by atoms with Crippen LogP contribution in [-0.4, -0.2) is 37.3 Å². The van der Waals surface area contributed by atoms with E-state index in [2.05, 4.69) is 30.9 Å². The molecule has 3 atom stereocenters. The van der Waals surface area contributed by atoms with Gasteiger partial charge in [0.25, 0.3) is 0 Å². The fourth-order valence-electron chi connectivity index (χ4n) is 2.77. The number of thioether (sulfide) groups is 1. The van der Waals surface area contributed by atoms with E-state index in [0.717, 1.165) is 23.8 Å². The molecule has 0 aromatic heterocycles. The number of ether oxygens (including phenoxy) is 1. The number of hydrogen-bond donors (Lipinski definition) is 1. The molecule has 1 fully saturated rings. The molecule has 0 bridgehead atoms. The summed E-state index contributed by atoms with van der Waals surface area (Å²) >= 11 is 2.17. The fraction of sp³-hybridized carbons (Fsp3) is 1.00. The Balaban J connectivity index is 2.33. The molecule has 0 radical (unpaired) electrons. The maximum atomic E-state index is 5.14. The Hall–Kier alpha value is 0.270. The second-order valence-corrected chi connectivity index (χ2v) is 6.75. The highest BCUT2D eigenvalue weighted by Gasteiger charge is 2.29. The van der Waals surface area contributed by atoms with Crippen molar-refractivity contribution in [2.45, 2.75) is 63.7 Å². The van der Waals surface area contributed by atoms with Crippen LogP contribution in [0.3, 0.4) is 0 Å². The van der Waals surface area contributed by atoms with Crippen molar-refractivity contribution in [3.05, 3.63) is 0 Å². The van der Waals surface area contributed by atoms with Crippen LogP contribution in [0.25, 0.3) is 0 Å². The van der Waals surface area contributed by atoms with Gasteiger partial charge in [0.15, 0.2) is 0 Å². The van der Waals surface area contributed by atoms with E-state index in [1.54, 1.807) is 7.11 Å². The van der Waals surface area contributed by atoms with Crippen molar-refractivity contribution in [2.24, 2.45) is 5.92 Å². The lowest BCUT2D eigenvalue weighted by molar-refractivity contribution is 0.200. The normalized spacial score (nSPS) is 28.5. The van der Waals surface area contributed by atoms with Crippen molar-refractivity contribution in [2.75, 3.05) is 26.0 Å². The third-order valence-electron chi connectivity index (χ3n) is 3.96. The summed E-state index contributed by atoms with van der Waals surface area (Å²) < 4.78 is 5.14. The first-order chi connectivity index (χ1) is 8.81. The monoisotopic (exact) mass is 273 g/mol. The smallest absolute Gasteiger partial charge is 0.0470 e. The van der Waals surface area contributed by atoms with Crippen LogP contribution >= 0.6 is 11.8 Å². The second-order valence-electron chi connectivity index (χ2n) is 5.40. The molecule has 0 aliphatic heterocycles. The minimum absolute atomic E-state index is 0.750. The van der Waals surface area contributed by atoms with Crippen LogP contribution in [0.2, 0.25) is 0 Å². The van der Waals surface area contributed by atoms with E-state index in [0.29, 0.717) is 0 Å². The summed E-state index contributed by atoms with van der Waals surface area (Å²) in [7, 11) is 1.80. The Labute approximate surface area is 118 Å². The number of hydrogen-bond acceptors (Lipinski definition) is 3. The highest BCUT2D eigenvalue weighted by Crippen LogP contribution is 2.34. The average molecular weight is 273 g/mol. The molecular formula is C15H31NOS. The minimum Gasteiger partial charge on any atom is -0.385 e. The standard InChI is InChI=1S/C15H31NOS/c1-4-9-16-14-8-7-13(5-2)12-15(14)18-11-6-10-17-3/h13-16H,4-12H2,1-3H3. The van der Waals surface area contributed by atoms with Crippen LogP contribution in [0.4, 0.5) is 0 Å². The molecule has 0 spiro atoms. The highest BCUT2D eigenvalue weighted by atomic mass is 32.2. The van der Waals surface area contributed by atoms with Crippen molar-refractivity contribution in [3.8, 4) is 0 Å². The molecule has 0 aromatic rings. The molecule has 1 saturated carbocycles. The van der Waals surface area contributed by atoms with Crippen molar-refractivity contribution < 1.29 is 4.74 Å². The molecule has 2 nitrogen and oxygen atoms in total. The summed E-state index contributed by atoms with van der Waals surface area (Å²) in [4.78, 5) is 0. The first-order valence-corrected chi connectivity index (χ1v) is 8.70. The Kier molecular flexibility index (Phi) is 9.16. The van der Waals surface area contributed by atoms with Gasteiger partial charge in [-0.1, -0.05) is 20.3 Å². The van der Waals surface area contributed by atoms with E-state index in [4.69, 9.17) is 4.74 Å². The molecule has 1 N–H and O–H groups in total. The summed E-state index contributed by atoms with van der Waals surface area (Å²) in [6.07, 6.45) is 8.00. The summed E-state index contributed by atoms with van der Waals surface area (Å²) in [5.41, 5.74) is 0. The number of rotatable bonds is 9. The molecule has 18 heavy (non-hydrogen) atoms. The molecule has 1 rings (SSSR count). The fourth-order valence-corrected chi connectivity index (χ4v) is 4.23. The molecule has 0 saturated heterocycles. The number of nitrogens with one attached hydrogen (secondary N) is 1. The Morgan fingerprint density at radius 2 is 2.11 bits per heavy atom. The average Bonchev–Trinajstić information content (AvgIpc) is 2.42. The second kappa shape index (κ2) is 10.1. The number of methoxy groups -OCH3 is 1. The molecular weight excluding hydrogens is 242 g/mol. The molecule has 1 aliphatic rings. The molecule has 108 valence electrons. The molecule has 3 unspecified atom stereocenters. The predicted octanol–water partition coefficient (Wildman–Crippen LogP) is 3.70. The molecule has 0 heterocycles. The van der Waals surface area contributed by atoms with Gasteiger partial charge in [0.05, 0.1) is 0 Å². The van der Waals surface area contributed by atoms with Gasteiger partial charge in [0.1, 0.15) is 0 Å². The Morgan fingerprint density at radius 3 is 2.78 bits per heavy atom. The first-order valence-electron chi connectivity index (χ1n) is 7.65. The summed E-state index contributed by atoms with van der Waals surface area (Å²) in [5, 5.41) is 4.58. The van der Waals surface area contributed by atoms with Crippen LogP contribution in [0.1, 0.15) is 52.4 Å². The van der Waals surface area contributed by atoms with Crippen LogP contribution < -0.4 is 5.32 Å². The van der Waals surface area contributed by atoms with Gasteiger partial charge < -0.3 is 10.1 Å². The maximum Gasteiger partial charge on any atom is 0.0470 e. The maximum absolute atomic E-state index is 5.14. The van der Waals surface area contributed by atoms with Crippen LogP contribution in [-0.2, 0) is 4.74 Å². The third kappa shape index (κ3) is 5.94. The Bertz CT molecular complexity index is 201. The lowest BCUT2D eigenvalue weighted by atomic mass is 9.84. The van der Waals surface area contributed by atoms with E-state index in [1.807, 2.05) is 0 Å². The highest BCUT2D eigenvalue weighted by molar-refractivity contribution is 7.99. The quantitative estimate of drug-likeness (QED) is 0.647. The van der Waals surface area contributed by atoms with Crippen LogP contribution in [0.15, 0.2) is 0 Å². The predicted molar refractivity (Wildman–Crippen MR) is 82.5 cm³/mol. The topological polar surface area (TPSA) is 21.3 Å². The van der Waals surface area contributed by atoms with Gasteiger partial charge in [-0.25, -0.2) is 0 Å². The van der Waals surface area contributed by atoms with E-state index >= 15 is 0 Å². The van der Waals surface area contributed by atoms with Crippen molar-refractivity contribution >= 4 is 11.8 Å². The van der Waals surface area contributed by atoms with Gasteiger partial charge in [-0.05, 0) is 50.3 Å². The minimum atomic E-state index is 0.750. The van der Waals surface area contributed by atoms with Gasteiger partial charge in [-0.15, -0.1) is 0 Å². The van der Waals surface area contributed by atoms with Crippen LogP contribution in [0, 0.1) is 5.92 Å². The van der Waals surface area contributed by atoms with Crippen molar-refractivity contribution in [1.29, 1.82) is 0 Å². The largest absolute Gasteiger partial charge is 0.385 e. The Morgan fingerprint density at radius 1 is 1.28 bits per heavy atom. The lowest BCUT2D eigenvalue weighted by Crippen LogP contribution is -2.43. The summed E-state index contributed by atoms with van der Waals surface area (Å²) in [5.74, 6) is 2.21. The van der Waals surface area contributed by atoms with E-state index < -0.39 is 0 Å². The van der Waals surface area contributed by atoms with Crippen LogP contribution in [0.5, 0.6) is 0 Å². The lowest BCUT2D eigenvalue weighted by Gasteiger charge is -2.36. The van der Waals surface area contributed by atoms with Crippen molar-refractivity contribution in [3.63, 3.8) is 0 Å². The van der Waals surface area contributed by atoms with Gasteiger partial charge in [0.2, 0.25) is 0 Å². The van der Waals surface area contributed by atoms with Gasteiger partial charge in [0, 0.05) is 25.0 Å².